The molecule has 0 aromatic carbocycles. The monoisotopic (exact) mass is 347 g/mol. The third-order valence-corrected chi connectivity index (χ3v) is 3.15. The van der Waals surface area contributed by atoms with Crippen molar-refractivity contribution in [2.45, 2.75) is 18.2 Å². The maximum Gasteiger partial charge on any atom is 0.425 e. The number of aromatic nitrogens is 3. The molecule has 24 heavy (non-hydrogen) atoms. The number of halogens is 4. The number of aliphatic hydroxyl groups is 1. The van der Waals surface area contributed by atoms with E-state index < -0.39 is 35.9 Å². The van der Waals surface area contributed by atoms with Crippen molar-refractivity contribution in [2.75, 3.05) is 5.43 Å². The second kappa shape index (κ2) is 6.43. The molecule has 0 saturated carbocycles. The Morgan fingerprint density at radius 3 is 2.58 bits per heavy atom. The lowest BCUT2D eigenvalue weighted by Gasteiger charge is -2.29. The molecule has 0 bridgehead atoms. The van der Waals surface area contributed by atoms with Crippen molar-refractivity contribution in [3.05, 3.63) is 42.5 Å². The van der Waals surface area contributed by atoms with Gasteiger partial charge >= 0.3 is 6.18 Å². The summed E-state index contributed by atoms with van der Waals surface area (Å²) in [7, 11) is 1.26. The minimum atomic E-state index is -5.13. The van der Waals surface area contributed by atoms with Gasteiger partial charge in [0.1, 0.15) is 0 Å². The largest absolute Gasteiger partial charge is 0.425 e. The van der Waals surface area contributed by atoms with Crippen LogP contribution in [-0.4, -0.2) is 31.7 Å². The number of pyridine rings is 1. The Kier molecular flexibility index (Phi) is 4.73. The highest BCUT2D eigenvalue weighted by molar-refractivity contribution is 5.78. The number of rotatable bonds is 5. The van der Waals surface area contributed by atoms with Gasteiger partial charge in [0, 0.05) is 31.7 Å². The van der Waals surface area contributed by atoms with Crippen LogP contribution in [0, 0.1) is 5.95 Å². The fourth-order valence-electron chi connectivity index (χ4n) is 1.97. The van der Waals surface area contributed by atoms with Crippen LogP contribution in [0.4, 0.5) is 23.2 Å². The van der Waals surface area contributed by atoms with E-state index in [1.165, 1.54) is 19.3 Å². The summed E-state index contributed by atoms with van der Waals surface area (Å²) in [5.74, 6) is -2.73. The van der Waals surface area contributed by atoms with Gasteiger partial charge in [-0.1, -0.05) is 0 Å². The van der Waals surface area contributed by atoms with Gasteiger partial charge < -0.3 is 9.67 Å². The topological polar surface area (TPSA) is 92.1 Å². The first-order valence-electron chi connectivity index (χ1n) is 6.57. The number of hydrazine groups is 1. The van der Waals surface area contributed by atoms with E-state index in [9.17, 15) is 27.5 Å². The van der Waals surface area contributed by atoms with Crippen molar-refractivity contribution in [3.63, 3.8) is 0 Å². The smallest absolute Gasteiger partial charge is 0.374 e. The molecule has 0 fully saturated rings. The molecule has 2 aromatic heterocycles. The van der Waals surface area contributed by atoms with Crippen molar-refractivity contribution in [1.82, 2.24) is 20.0 Å². The molecule has 2 aromatic rings. The number of alkyl halides is 3. The van der Waals surface area contributed by atoms with Crippen LogP contribution in [0.3, 0.4) is 0 Å². The van der Waals surface area contributed by atoms with E-state index in [1.54, 1.807) is 0 Å². The molecule has 0 aliphatic rings. The number of hydrogen-bond acceptors (Lipinski definition) is 5. The molecule has 0 saturated heterocycles. The van der Waals surface area contributed by atoms with Crippen LogP contribution in [0.1, 0.15) is 12.2 Å². The molecule has 0 aliphatic carbocycles. The first kappa shape index (κ1) is 17.7. The number of nitrogens with zero attached hydrogens (tertiary/aromatic N) is 3. The van der Waals surface area contributed by atoms with Gasteiger partial charge in [-0.2, -0.15) is 17.6 Å². The summed E-state index contributed by atoms with van der Waals surface area (Å²) < 4.78 is 53.6. The van der Waals surface area contributed by atoms with E-state index in [-0.39, 0.29) is 5.69 Å². The Balaban J connectivity index is 2.13. The summed E-state index contributed by atoms with van der Waals surface area (Å²) in [6, 6.07) is 2.22. The van der Waals surface area contributed by atoms with Crippen molar-refractivity contribution < 1.29 is 27.5 Å². The molecule has 2 heterocycles. The molecule has 3 N–H and O–H groups in total. The van der Waals surface area contributed by atoms with E-state index in [2.05, 4.69) is 15.4 Å². The van der Waals surface area contributed by atoms with Gasteiger partial charge in [-0.3, -0.25) is 15.6 Å². The van der Waals surface area contributed by atoms with E-state index >= 15 is 0 Å². The zero-order valence-electron chi connectivity index (χ0n) is 12.3. The third-order valence-electron chi connectivity index (χ3n) is 3.15. The zero-order chi connectivity index (χ0) is 18.0. The van der Waals surface area contributed by atoms with Crippen molar-refractivity contribution >= 4 is 11.6 Å². The van der Waals surface area contributed by atoms with Gasteiger partial charge in [0.05, 0.1) is 12.1 Å². The van der Waals surface area contributed by atoms with Crippen molar-refractivity contribution in [3.8, 4) is 0 Å². The highest BCUT2D eigenvalue weighted by atomic mass is 19.4. The Morgan fingerprint density at radius 1 is 1.33 bits per heavy atom. The molecule has 0 radical (unpaired) electrons. The molecule has 1 unspecified atom stereocenters. The van der Waals surface area contributed by atoms with E-state index in [4.69, 9.17) is 0 Å². The predicted octanol–water partition coefficient (Wildman–Crippen LogP) is 1.24. The zero-order valence-corrected chi connectivity index (χ0v) is 12.3. The average Bonchev–Trinajstić information content (AvgIpc) is 2.90. The molecular formula is C13H13F4N5O2. The lowest BCUT2D eigenvalue weighted by Crippen LogP contribution is -2.48. The minimum Gasteiger partial charge on any atom is -0.374 e. The number of carbonyl (C=O) groups excluding carboxylic acids is 1. The van der Waals surface area contributed by atoms with Crippen molar-refractivity contribution in [1.29, 1.82) is 0 Å². The van der Waals surface area contributed by atoms with Crippen LogP contribution < -0.4 is 10.9 Å². The van der Waals surface area contributed by atoms with Crippen LogP contribution in [0.5, 0.6) is 0 Å². The maximum absolute atomic E-state index is 13.3. The fraction of sp³-hybridized carbons (Fsp3) is 0.308. The Hall–Kier alpha value is -2.69. The molecule has 0 spiro atoms. The molecule has 2 rings (SSSR count). The van der Waals surface area contributed by atoms with Crippen LogP contribution in [0.2, 0.25) is 0 Å². The maximum atomic E-state index is 13.3. The molecule has 11 heteroatoms. The highest BCUT2D eigenvalue weighted by Crippen LogP contribution is 2.40. The van der Waals surface area contributed by atoms with Gasteiger partial charge in [-0.25, -0.2) is 9.97 Å². The summed E-state index contributed by atoms with van der Waals surface area (Å²) in [5, 5.41) is 10.0. The van der Waals surface area contributed by atoms with Crippen LogP contribution in [0.25, 0.3) is 0 Å². The van der Waals surface area contributed by atoms with Gasteiger partial charge in [0.25, 0.3) is 0 Å². The summed E-state index contributed by atoms with van der Waals surface area (Å²) in [5.41, 5.74) is 0.790. The standard InChI is InChI=1S/C13H13F4N5O2/c1-22-5-4-19-11(22)12(24,13(15,16)17)7-10(23)21-20-8-2-3-18-9(14)6-8/h2-6,24H,7H2,1H3,(H,18,20)(H,21,23). The SMILES string of the molecule is Cn1ccnc1C(O)(CC(=O)NNc1ccnc(F)c1)C(F)(F)F. The van der Waals surface area contributed by atoms with Gasteiger partial charge in [0.15, 0.2) is 5.82 Å². The Morgan fingerprint density at radius 2 is 2.04 bits per heavy atom. The van der Waals surface area contributed by atoms with Crippen LogP contribution in [0.15, 0.2) is 30.7 Å². The third kappa shape index (κ3) is 3.62. The normalized spacial score (nSPS) is 14.1. The lowest BCUT2D eigenvalue weighted by molar-refractivity contribution is -0.271. The first-order valence-corrected chi connectivity index (χ1v) is 6.57. The summed E-state index contributed by atoms with van der Waals surface area (Å²) in [6.45, 7) is 0. The van der Waals surface area contributed by atoms with Gasteiger partial charge in [-0.05, 0) is 6.07 Å². The number of amides is 1. The lowest BCUT2D eigenvalue weighted by atomic mass is 9.97. The molecule has 0 aliphatic heterocycles. The second-order valence-electron chi connectivity index (χ2n) is 4.94. The number of imidazole rings is 1. The van der Waals surface area contributed by atoms with Crippen LogP contribution in [-0.2, 0) is 17.4 Å². The Bertz CT molecular complexity index is 733. The fourth-order valence-corrected chi connectivity index (χ4v) is 1.97. The van der Waals surface area contributed by atoms with E-state index in [0.29, 0.717) is 0 Å². The molecule has 7 nitrogen and oxygen atoms in total. The van der Waals surface area contributed by atoms with E-state index in [0.717, 1.165) is 23.0 Å². The molecule has 1 atom stereocenters. The summed E-state index contributed by atoms with van der Waals surface area (Å²) >= 11 is 0. The summed E-state index contributed by atoms with van der Waals surface area (Å²) in [4.78, 5) is 18.5. The summed E-state index contributed by atoms with van der Waals surface area (Å²) in [6.07, 6.45) is -3.08. The molecular weight excluding hydrogens is 334 g/mol. The van der Waals surface area contributed by atoms with Crippen LogP contribution >= 0.6 is 0 Å². The molecule has 130 valence electrons. The number of hydrogen-bond donors (Lipinski definition) is 3. The molecule has 1 amide bonds. The number of nitrogens with one attached hydrogen (secondary N) is 2. The second-order valence-corrected chi connectivity index (χ2v) is 4.94. The van der Waals surface area contributed by atoms with Gasteiger partial charge in [-0.15, -0.1) is 0 Å². The minimum absolute atomic E-state index is 0.0726. The van der Waals surface area contributed by atoms with Gasteiger partial charge in [0.2, 0.25) is 17.5 Å². The predicted molar refractivity (Wildman–Crippen MR) is 73.7 cm³/mol. The number of anilines is 1. The highest BCUT2D eigenvalue weighted by Gasteiger charge is 2.58. The number of aryl methyl sites for hydroxylation is 1. The van der Waals surface area contributed by atoms with E-state index in [1.807, 2.05) is 5.43 Å². The first-order chi connectivity index (χ1) is 11.1. The van der Waals surface area contributed by atoms with Crippen molar-refractivity contribution in [2.24, 2.45) is 7.05 Å². The average molecular weight is 347 g/mol. The number of carbonyl (C=O) groups is 1. The quantitative estimate of drug-likeness (QED) is 0.430. The Labute approximate surface area is 133 Å².